The van der Waals surface area contributed by atoms with Gasteiger partial charge in [-0.2, -0.15) is 10.1 Å². The largest absolute Gasteiger partial charge is 0.344 e. The number of aromatic nitrogens is 3. The van der Waals surface area contributed by atoms with Crippen LogP contribution in [0.15, 0.2) is 41.8 Å². The molecule has 0 radical (unpaired) electrons. The van der Waals surface area contributed by atoms with Crippen LogP contribution in [0.4, 0.5) is 9.52 Å². The zero-order valence-electron chi connectivity index (χ0n) is 15.7. The van der Waals surface area contributed by atoms with Gasteiger partial charge in [0.15, 0.2) is 10.8 Å². The lowest BCUT2D eigenvalue weighted by Crippen LogP contribution is -2.48. The quantitative estimate of drug-likeness (QED) is 0.497. The Morgan fingerprint density at radius 2 is 1.86 bits per heavy atom. The lowest BCUT2D eigenvalue weighted by Gasteiger charge is -2.34. The molecule has 0 saturated carbocycles. The normalized spacial score (nSPS) is 14.7. The van der Waals surface area contributed by atoms with Crippen molar-refractivity contribution in [3.8, 4) is 5.69 Å². The van der Waals surface area contributed by atoms with Crippen LogP contribution in [-0.2, 0) is 0 Å². The van der Waals surface area contributed by atoms with Crippen LogP contribution in [0.25, 0.3) is 16.0 Å². The highest BCUT2D eigenvalue weighted by atomic mass is 32.1. The Labute approximate surface area is 174 Å². The van der Waals surface area contributed by atoms with Crippen molar-refractivity contribution in [2.24, 2.45) is 0 Å². The number of hydrogen-bond acceptors (Lipinski definition) is 6. The second-order valence-electron chi connectivity index (χ2n) is 6.88. The Morgan fingerprint density at radius 1 is 1.10 bits per heavy atom. The van der Waals surface area contributed by atoms with Crippen molar-refractivity contribution in [2.45, 2.75) is 6.92 Å². The third-order valence-electron chi connectivity index (χ3n) is 5.02. The first-order valence-electron chi connectivity index (χ1n) is 9.30. The number of halogens is 1. The monoisotopic (exact) mass is 427 g/mol. The van der Waals surface area contributed by atoms with E-state index in [1.807, 2.05) is 29.3 Å². The zero-order chi connectivity index (χ0) is 20.0. The van der Waals surface area contributed by atoms with Crippen LogP contribution in [0.5, 0.6) is 0 Å². The molecule has 0 N–H and O–H groups in total. The fraction of sp³-hybridized carbons (Fsp3) is 0.250. The lowest BCUT2D eigenvalue weighted by molar-refractivity contribution is 0.0751. The molecule has 0 unspecified atom stereocenters. The molecular weight excluding hydrogens is 409 g/mol. The van der Waals surface area contributed by atoms with Gasteiger partial charge in [0.2, 0.25) is 0 Å². The van der Waals surface area contributed by atoms with E-state index in [2.05, 4.69) is 10.00 Å². The third kappa shape index (κ3) is 3.30. The third-order valence-corrected chi connectivity index (χ3v) is 7.09. The highest BCUT2D eigenvalue weighted by Crippen LogP contribution is 2.33. The number of anilines is 1. The van der Waals surface area contributed by atoms with Crippen molar-refractivity contribution in [3.63, 3.8) is 0 Å². The van der Waals surface area contributed by atoms with E-state index in [9.17, 15) is 9.18 Å². The summed E-state index contributed by atoms with van der Waals surface area (Å²) in [6.07, 6.45) is 0. The Balaban J connectivity index is 1.37. The molecule has 1 saturated heterocycles. The number of benzene rings is 1. The highest BCUT2D eigenvalue weighted by molar-refractivity contribution is 7.22. The van der Waals surface area contributed by atoms with Crippen LogP contribution < -0.4 is 4.90 Å². The molecule has 0 aliphatic carbocycles. The summed E-state index contributed by atoms with van der Waals surface area (Å²) in [5, 5.41) is 7.43. The molecule has 1 fully saturated rings. The van der Waals surface area contributed by atoms with Gasteiger partial charge in [0.1, 0.15) is 5.82 Å². The zero-order valence-corrected chi connectivity index (χ0v) is 17.3. The van der Waals surface area contributed by atoms with E-state index in [0.717, 1.165) is 44.8 Å². The molecule has 1 aliphatic heterocycles. The van der Waals surface area contributed by atoms with Gasteiger partial charge in [-0.05, 0) is 42.6 Å². The van der Waals surface area contributed by atoms with Crippen molar-refractivity contribution in [1.82, 2.24) is 19.7 Å². The van der Waals surface area contributed by atoms with E-state index < -0.39 is 0 Å². The average molecular weight is 428 g/mol. The van der Waals surface area contributed by atoms with Crippen LogP contribution >= 0.6 is 22.7 Å². The molecule has 29 heavy (non-hydrogen) atoms. The van der Waals surface area contributed by atoms with E-state index in [-0.39, 0.29) is 11.7 Å². The van der Waals surface area contributed by atoms with Crippen LogP contribution in [0.1, 0.15) is 15.4 Å². The first-order valence-corrected chi connectivity index (χ1v) is 11.0. The summed E-state index contributed by atoms with van der Waals surface area (Å²) < 4.78 is 16.1. The Bertz CT molecular complexity index is 1160. The van der Waals surface area contributed by atoms with Crippen molar-refractivity contribution in [3.05, 3.63) is 58.2 Å². The Kier molecular flexibility index (Phi) is 4.56. The molecule has 3 aromatic heterocycles. The van der Waals surface area contributed by atoms with Crippen molar-refractivity contribution >= 4 is 44.1 Å². The predicted octanol–water partition coefficient (Wildman–Crippen LogP) is 3.95. The molecular formula is C20H18FN5OS2. The van der Waals surface area contributed by atoms with Gasteiger partial charge in [-0.3, -0.25) is 4.79 Å². The molecule has 6 nitrogen and oxygen atoms in total. The maximum atomic E-state index is 13.3. The number of amides is 1. The van der Waals surface area contributed by atoms with Gasteiger partial charge in [0.05, 0.1) is 21.0 Å². The minimum Gasteiger partial charge on any atom is -0.344 e. The molecule has 0 atom stereocenters. The number of carbonyl (C=O) groups excluding carboxylic acids is 1. The molecule has 1 aliphatic rings. The number of hydrogen-bond donors (Lipinski definition) is 0. The first kappa shape index (κ1) is 18.3. The molecule has 4 aromatic rings. The van der Waals surface area contributed by atoms with Crippen molar-refractivity contribution in [2.75, 3.05) is 31.1 Å². The van der Waals surface area contributed by atoms with Crippen LogP contribution in [-0.4, -0.2) is 51.8 Å². The smallest absolute Gasteiger partial charge is 0.264 e. The maximum absolute atomic E-state index is 13.3. The molecule has 1 amide bonds. The SMILES string of the molecule is Cc1nn(-c2ccc(F)cc2)c2nc(N3CCN(C(=O)c4cccs4)CC3)sc12. The van der Waals surface area contributed by atoms with Crippen LogP contribution in [0, 0.1) is 12.7 Å². The molecule has 9 heteroatoms. The van der Waals surface area contributed by atoms with Gasteiger partial charge >= 0.3 is 0 Å². The van der Waals surface area contributed by atoms with E-state index in [1.165, 1.54) is 23.5 Å². The van der Waals surface area contributed by atoms with Crippen LogP contribution in [0.2, 0.25) is 0 Å². The van der Waals surface area contributed by atoms with Crippen molar-refractivity contribution < 1.29 is 9.18 Å². The number of rotatable bonds is 3. The molecule has 0 spiro atoms. The summed E-state index contributed by atoms with van der Waals surface area (Å²) in [6.45, 7) is 4.81. The van der Waals surface area contributed by atoms with Gasteiger partial charge in [0, 0.05) is 26.2 Å². The summed E-state index contributed by atoms with van der Waals surface area (Å²) in [5.41, 5.74) is 2.47. The van der Waals surface area contributed by atoms with E-state index in [4.69, 9.17) is 4.98 Å². The van der Waals surface area contributed by atoms with Gasteiger partial charge < -0.3 is 9.80 Å². The van der Waals surface area contributed by atoms with E-state index >= 15 is 0 Å². The Morgan fingerprint density at radius 3 is 2.55 bits per heavy atom. The second-order valence-corrected chi connectivity index (χ2v) is 8.80. The Hall–Kier alpha value is -2.78. The van der Waals surface area contributed by atoms with Gasteiger partial charge in [-0.15, -0.1) is 11.3 Å². The topological polar surface area (TPSA) is 54.3 Å². The highest BCUT2D eigenvalue weighted by Gasteiger charge is 2.25. The van der Waals surface area contributed by atoms with E-state index in [0.29, 0.717) is 13.1 Å². The summed E-state index contributed by atoms with van der Waals surface area (Å²) >= 11 is 3.09. The minimum atomic E-state index is -0.275. The number of thiophene rings is 1. The fourth-order valence-corrected chi connectivity index (χ4v) is 5.21. The maximum Gasteiger partial charge on any atom is 0.264 e. The molecule has 5 rings (SSSR count). The van der Waals surface area contributed by atoms with E-state index in [1.54, 1.807) is 28.2 Å². The van der Waals surface area contributed by atoms with Gasteiger partial charge in [-0.25, -0.2) is 9.07 Å². The number of piperazine rings is 1. The average Bonchev–Trinajstić information content (AvgIpc) is 3.47. The minimum absolute atomic E-state index is 0.103. The summed E-state index contributed by atoms with van der Waals surface area (Å²) in [6, 6.07) is 10.0. The lowest BCUT2D eigenvalue weighted by atomic mass is 10.3. The van der Waals surface area contributed by atoms with Gasteiger partial charge in [-0.1, -0.05) is 17.4 Å². The summed E-state index contributed by atoms with van der Waals surface area (Å²) in [4.78, 5) is 22.3. The number of fused-ring (bicyclic) bond motifs is 1. The van der Waals surface area contributed by atoms with Crippen LogP contribution in [0.3, 0.4) is 0 Å². The predicted molar refractivity (Wildman–Crippen MR) is 114 cm³/mol. The molecule has 1 aromatic carbocycles. The number of nitrogens with zero attached hydrogens (tertiary/aromatic N) is 5. The fourth-order valence-electron chi connectivity index (χ4n) is 3.48. The number of thiazole rings is 1. The standard InChI is InChI=1S/C20H18FN5OS2/c1-13-17-18(26(23-13)15-6-4-14(21)5-7-15)22-20(29-17)25-10-8-24(9-11-25)19(27)16-3-2-12-28-16/h2-7,12H,8-11H2,1H3. The molecule has 4 heterocycles. The first-order chi connectivity index (χ1) is 14.1. The second kappa shape index (κ2) is 7.23. The molecule has 148 valence electrons. The number of aryl methyl sites for hydroxylation is 1. The summed E-state index contributed by atoms with van der Waals surface area (Å²) in [7, 11) is 0. The number of carbonyl (C=O) groups is 1. The van der Waals surface area contributed by atoms with Gasteiger partial charge in [0.25, 0.3) is 5.91 Å². The van der Waals surface area contributed by atoms with Crippen molar-refractivity contribution in [1.29, 1.82) is 0 Å². The summed E-state index contributed by atoms with van der Waals surface area (Å²) in [5.74, 6) is -0.172. The molecule has 0 bridgehead atoms.